The molecule has 2 amide bonds. The van der Waals surface area contributed by atoms with Crippen LogP contribution < -0.4 is 10.6 Å². The van der Waals surface area contributed by atoms with Gasteiger partial charge in [-0.2, -0.15) is 5.26 Å². The molecule has 2 aromatic rings. The number of carbonyl (C=O) groups is 3. The number of benzene rings is 2. The van der Waals surface area contributed by atoms with Crippen molar-refractivity contribution in [3.05, 3.63) is 71.0 Å². The number of aliphatic carboxylic acids is 1. The highest BCUT2D eigenvalue weighted by atomic mass is 19.1. The van der Waals surface area contributed by atoms with Gasteiger partial charge in [0, 0.05) is 19.8 Å². The molecule has 150 valence electrons. The molecular weight excluding hydrogens is 377 g/mol. The van der Waals surface area contributed by atoms with Gasteiger partial charge in [0.2, 0.25) is 11.8 Å². The van der Waals surface area contributed by atoms with Crippen LogP contribution in [-0.4, -0.2) is 35.0 Å². The Labute approximate surface area is 167 Å². The predicted octanol–water partition coefficient (Wildman–Crippen LogP) is 1.56. The lowest BCUT2D eigenvalue weighted by Crippen LogP contribution is -2.52. The van der Waals surface area contributed by atoms with Crippen molar-refractivity contribution in [3.8, 4) is 6.07 Å². The Kier molecular flexibility index (Phi) is 7.43. The van der Waals surface area contributed by atoms with Gasteiger partial charge < -0.3 is 15.7 Å². The Balaban J connectivity index is 2.14. The fourth-order valence-corrected chi connectivity index (χ4v) is 2.79. The first-order chi connectivity index (χ1) is 13.8. The van der Waals surface area contributed by atoms with Gasteiger partial charge in [0.25, 0.3) is 0 Å². The number of carboxylic acid groups (broad SMARTS) is 1. The Morgan fingerprint density at radius 1 is 1.03 bits per heavy atom. The predicted molar refractivity (Wildman–Crippen MR) is 102 cm³/mol. The SMILES string of the molecule is CC(=O)N[C@H](Cc1ccc(F)cc1)C(=O)N[C@@H](Cc1cccc(C#N)c1)C(=O)O. The number of amides is 2. The molecule has 0 bridgehead atoms. The lowest BCUT2D eigenvalue weighted by atomic mass is 10.0. The van der Waals surface area contributed by atoms with Crippen molar-refractivity contribution in [2.45, 2.75) is 31.8 Å². The van der Waals surface area contributed by atoms with Gasteiger partial charge in [-0.1, -0.05) is 24.3 Å². The highest BCUT2D eigenvalue weighted by Crippen LogP contribution is 2.10. The van der Waals surface area contributed by atoms with E-state index in [0.717, 1.165) is 0 Å². The molecule has 3 N–H and O–H groups in total. The van der Waals surface area contributed by atoms with Gasteiger partial charge in [0.05, 0.1) is 11.6 Å². The summed E-state index contributed by atoms with van der Waals surface area (Å²) >= 11 is 0. The van der Waals surface area contributed by atoms with Crippen molar-refractivity contribution in [3.63, 3.8) is 0 Å². The van der Waals surface area contributed by atoms with E-state index in [0.29, 0.717) is 16.7 Å². The molecule has 0 aliphatic carbocycles. The fraction of sp³-hybridized carbons (Fsp3) is 0.238. The number of carbonyl (C=O) groups excluding carboxylic acids is 2. The molecule has 2 aromatic carbocycles. The lowest BCUT2D eigenvalue weighted by Gasteiger charge is -2.21. The molecule has 2 rings (SSSR count). The summed E-state index contributed by atoms with van der Waals surface area (Å²) in [6.07, 6.45) is 0.0435. The van der Waals surface area contributed by atoms with Crippen LogP contribution in [0.5, 0.6) is 0 Å². The zero-order valence-corrected chi connectivity index (χ0v) is 15.7. The molecule has 0 aliphatic rings. The van der Waals surface area contributed by atoms with Crippen LogP contribution in [-0.2, 0) is 27.2 Å². The van der Waals surface area contributed by atoms with Crippen LogP contribution in [0.15, 0.2) is 48.5 Å². The van der Waals surface area contributed by atoms with Crippen molar-refractivity contribution in [1.82, 2.24) is 10.6 Å². The second kappa shape index (κ2) is 9.99. The third-order valence-corrected chi connectivity index (χ3v) is 4.16. The Bertz CT molecular complexity index is 938. The summed E-state index contributed by atoms with van der Waals surface area (Å²) in [4.78, 5) is 35.8. The summed E-state index contributed by atoms with van der Waals surface area (Å²) in [5, 5.41) is 23.4. The van der Waals surface area contributed by atoms with Crippen LogP contribution in [0.3, 0.4) is 0 Å². The Hall–Kier alpha value is -3.73. The molecule has 0 saturated carbocycles. The van der Waals surface area contributed by atoms with Gasteiger partial charge in [-0.3, -0.25) is 9.59 Å². The summed E-state index contributed by atoms with van der Waals surface area (Å²) in [7, 11) is 0. The number of hydrogen-bond acceptors (Lipinski definition) is 4. The third-order valence-electron chi connectivity index (χ3n) is 4.16. The van der Waals surface area contributed by atoms with Gasteiger partial charge >= 0.3 is 5.97 Å². The summed E-state index contributed by atoms with van der Waals surface area (Å²) < 4.78 is 13.1. The van der Waals surface area contributed by atoms with Gasteiger partial charge in [-0.15, -0.1) is 0 Å². The zero-order valence-electron chi connectivity index (χ0n) is 15.7. The van der Waals surface area contributed by atoms with Gasteiger partial charge in [0.15, 0.2) is 0 Å². The van der Waals surface area contributed by atoms with Gasteiger partial charge in [-0.25, -0.2) is 9.18 Å². The topological polar surface area (TPSA) is 119 Å². The molecule has 0 fully saturated rings. The first kappa shape index (κ1) is 21.6. The standard InChI is InChI=1S/C21H20FN3O4/c1-13(26)24-18(10-14-5-7-17(22)8-6-14)20(27)25-19(21(28)29)11-15-3-2-4-16(9-15)12-23/h2-9,18-19H,10-11H2,1H3,(H,24,26)(H,25,27)(H,28,29)/t18-,19+/m1/s1. The molecule has 8 heteroatoms. The Morgan fingerprint density at radius 3 is 2.28 bits per heavy atom. The van der Waals surface area contributed by atoms with Gasteiger partial charge in [-0.05, 0) is 35.4 Å². The molecule has 0 aromatic heterocycles. The number of nitriles is 1. The van der Waals surface area contributed by atoms with Crippen LogP contribution in [0, 0.1) is 17.1 Å². The molecular formula is C21H20FN3O4. The van der Waals surface area contributed by atoms with Crippen LogP contribution in [0.2, 0.25) is 0 Å². The van der Waals surface area contributed by atoms with Crippen molar-refractivity contribution in [2.75, 3.05) is 0 Å². The number of hydrogen-bond donors (Lipinski definition) is 3. The molecule has 0 unspecified atom stereocenters. The smallest absolute Gasteiger partial charge is 0.326 e. The molecule has 0 spiro atoms. The minimum Gasteiger partial charge on any atom is -0.480 e. The van der Waals surface area contributed by atoms with E-state index in [-0.39, 0.29) is 12.8 Å². The molecule has 2 atom stereocenters. The quantitative estimate of drug-likeness (QED) is 0.624. The Morgan fingerprint density at radius 2 is 1.69 bits per heavy atom. The number of carboxylic acids is 1. The van der Waals surface area contributed by atoms with E-state index in [1.54, 1.807) is 24.3 Å². The number of nitrogens with one attached hydrogen (secondary N) is 2. The minimum absolute atomic E-state index is 0.0278. The first-order valence-electron chi connectivity index (χ1n) is 8.82. The maximum Gasteiger partial charge on any atom is 0.326 e. The van der Waals surface area contributed by atoms with E-state index in [4.69, 9.17) is 5.26 Å². The summed E-state index contributed by atoms with van der Waals surface area (Å²) in [6.45, 7) is 1.24. The second-order valence-electron chi connectivity index (χ2n) is 6.50. The molecule has 0 heterocycles. The van der Waals surface area contributed by atoms with E-state index in [1.807, 2.05) is 6.07 Å². The van der Waals surface area contributed by atoms with Crippen LogP contribution in [0.1, 0.15) is 23.6 Å². The minimum atomic E-state index is -1.25. The second-order valence-corrected chi connectivity index (χ2v) is 6.50. The zero-order chi connectivity index (χ0) is 21.4. The van der Waals surface area contributed by atoms with Crippen molar-refractivity contribution < 1.29 is 23.9 Å². The molecule has 0 aliphatic heterocycles. The maximum atomic E-state index is 13.1. The molecule has 7 nitrogen and oxygen atoms in total. The van der Waals surface area contributed by atoms with E-state index in [2.05, 4.69) is 10.6 Å². The summed E-state index contributed by atoms with van der Waals surface area (Å²) in [5.74, 6) is -2.81. The van der Waals surface area contributed by atoms with Crippen molar-refractivity contribution in [2.24, 2.45) is 0 Å². The first-order valence-corrected chi connectivity index (χ1v) is 8.82. The summed E-state index contributed by atoms with van der Waals surface area (Å²) in [5.41, 5.74) is 1.56. The van der Waals surface area contributed by atoms with Crippen molar-refractivity contribution >= 4 is 17.8 Å². The van der Waals surface area contributed by atoms with Crippen LogP contribution in [0.4, 0.5) is 4.39 Å². The maximum absolute atomic E-state index is 13.1. The van der Waals surface area contributed by atoms with E-state index in [1.165, 1.54) is 31.2 Å². The number of halogens is 1. The van der Waals surface area contributed by atoms with Crippen LogP contribution in [0.25, 0.3) is 0 Å². The van der Waals surface area contributed by atoms with E-state index < -0.39 is 35.7 Å². The molecule has 0 saturated heterocycles. The number of rotatable bonds is 8. The molecule has 0 radical (unpaired) electrons. The fourth-order valence-electron chi connectivity index (χ4n) is 2.79. The largest absolute Gasteiger partial charge is 0.480 e. The van der Waals surface area contributed by atoms with E-state index >= 15 is 0 Å². The van der Waals surface area contributed by atoms with Crippen molar-refractivity contribution in [1.29, 1.82) is 5.26 Å². The van der Waals surface area contributed by atoms with Crippen LogP contribution >= 0.6 is 0 Å². The number of nitrogens with zero attached hydrogens (tertiary/aromatic N) is 1. The highest BCUT2D eigenvalue weighted by molar-refractivity contribution is 5.90. The summed E-state index contributed by atoms with van der Waals surface area (Å²) in [6, 6.07) is 11.6. The average Bonchev–Trinajstić information content (AvgIpc) is 2.68. The monoisotopic (exact) mass is 397 g/mol. The van der Waals surface area contributed by atoms with E-state index in [9.17, 15) is 23.9 Å². The lowest BCUT2D eigenvalue weighted by molar-refractivity contribution is -0.142. The highest BCUT2D eigenvalue weighted by Gasteiger charge is 2.26. The van der Waals surface area contributed by atoms with Gasteiger partial charge in [0.1, 0.15) is 17.9 Å². The molecule has 29 heavy (non-hydrogen) atoms. The normalized spacial score (nSPS) is 12.3. The average molecular weight is 397 g/mol. The third kappa shape index (κ3) is 6.74.